The van der Waals surface area contributed by atoms with Crippen LogP contribution in [0.5, 0.6) is 0 Å². The first kappa shape index (κ1) is 19.5. The third-order valence-electron chi connectivity index (χ3n) is 4.48. The molecule has 28 heavy (non-hydrogen) atoms. The summed E-state index contributed by atoms with van der Waals surface area (Å²) in [6.45, 7) is 4.30. The second-order valence-electron chi connectivity index (χ2n) is 6.56. The molecule has 1 aromatic heterocycles. The minimum atomic E-state index is -0.643. The molecule has 0 aliphatic rings. The number of hydrogen-bond donors (Lipinski definition) is 1. The highest BCUT2D eigenvalue weighted by Crippen LogP contribution is 2.18. The second kappa shape index (κ2) is 8.63. The van der Waals surface area contributed by atoms with Crippen molar-refractivity contribution in [2.24, 2.45) is 0 Å². The SMILES string of the molecule is COCc1cccc(CNC(=O)C(=O)c2c(C)nn(-c3ccccc3)c2C)c1. The van der Waals surface area contributed by atoms with Crippen molar-refractivity contribution in [2.75, 3.05) is 7.11 Å². The van der Waals surface area contributed by atoms with Crippen molar-refractivity contribution in [3.05, 3.63) is 82.7 Å². The number of para-hydroxylation sites is 1. The first-order chi connectivity index (χ1) is 13.5. The Labute approximate surface area is 164 Å². The van der Waals surface area contributed by atoms with Crippen molar-refractivity contribution in [1.29, 1.82) is 0 Å². The molecule has 0 atom stereocenters. The number of carbonyl (C=O) groups excluding carboxylic acids is 2. The van der Waals surface area contributed by atoms with Gasteiger partial charge in [-0.3, -0.25) is 9.59 Å². The number of nitrogens with one attached hydrogen (secondary N) is 1. The summed E-state index contributed by atoms with van der Waals surface area (Å²) < 4.78 is 6.80. The summed E-state index contributed by atoms with van der Waals surface area (Å²) >= 11 is 0. The van der Waals surface area contributed by atoms with Crippen molar-refractivity contribution < 1.29 is 14.3 Å². The minimum absolute atomic E-state index is 0.271. The van der Waals surface area contributed by atoms with Gasteiger partial charge in [0.05, 0.1) is 29.2 Å². The van der Waals surface area contributed by atoms with E-state index in [9.17, 15) is 9.59 Å². The summed E-state index contributed by atoms with van der Waals surface area (Å²) in [6.07, 6.45) is 0. The van der Waals surface area contributed by atoms with E-state index < -0.39 is 11.7 Å². The Balaban J connectivity index is 1.74. The Morgan fingerprint density at radius 1 is 1.04 bits per heavy atom. The third-order valence-corrected chi connectivity index (χ3v) is 4.48. The average Bonchev–Trinajstić information content (AvgIpc) is 3.01. The fourth-order valence-electron chi connectivity index (χ4n) is 3.16. The lowest BCUT2D eigenvalue weighted by Crippen LogP contribution is -2.31. The number of carbonyl (C=O) groups is 2. The van der Waals surface area contributed by atoms with E-state index in [1.807, 2.05) is 54.6 Å². The number of amides is 1. The Morgan fingerprint density at radius 2 is 1.75 bits per heavy atom. The van der Waals surface area contributed by atoms with Crippen LogP contribution in [-0.2, 0) is 22.7 Å². The van der Waals surface area contributed by atoms with Crippen LogP contribution in [0.25, 0.3) is 5.69 Å². The maximum atomic E-state index is 12.7. The summed E-state index contributed by atoms with van der Waals surface area (Å²) in [5.74, 6) is -1.22. The van der Waals surface area contributed by atoms with E-state index in [4.69, 9.17) is 4.74 Å². The monoisotopic (exact) mass is 377 g/mol. The second-order valence-corrected chi connectivity index (χ2v) is 6.56. The number of nitrogens with zero attached hydrogens (tertiary/aromatic N) is 2. The highest BCUT2D eigenvalue weighted by molar-refractivity contribution is 6.43. The van der Waals surface area contributed by atoms with Crippen LogP contribution in [0.3, 0.4) is 0 Å². The lowest BCUT2D eigenvalue weighted by Gasteiger charge is -2.07. The first-order valence-corrected chi connectivity index (χ1v) is 9.02. The lowest BCUT2D eigenvalue weighted by molar-refractivity contribution is -0.117. The van der Waals surface area contributed by atoms with Gasteiger partial charge in [-0.15, -0.1) is 0 Å². The molecule has 0 spiro atoms. The van der Waals surface area contributed by atoms with Crippen molar-refractivity contribution in [1.82, 2.24) is 15.1 Å². The maximum Gasteiger partial charge on any atom is 0.292 e. The summed E-state index contributed by atoms with van der Waals surface area (Å²) in [7, 11) is 1.63. The van der Waals surface area contributed by atoms with Crippen LogP contribution in [0.15, 0.2) is 54.6 Å². The molecule has 6 heteroatoms. The zero-order valence-electron chi connectivity index (χ0n) is 16.2. The highest BCUT2D eigenvalue weighted by Gasteiger charge is 2.24. The number of hydrogen-bond acceptors (Lipinski definition) is 4. The van der Waals surface area contributed by atoms with Crippen LogP contribution in [0, 0.1) is 13.8 Å². The molecule has 0 saturated heterocycles. The number of Topliss-reactive ketones (excluding diaryl/α,β-unsaturated/α-hetero) is 1. The predicted molar refractivity (Wildman–Crippen MR) is 106 cm³/mol. The molecule has 0 bridgehead atoms. The molecular weight excluding hydrogens is 354 g/mol. The van der Waals surface area contributed by atoms with Crippen LogP contribution in [0.4, 0.5) is 0 Å². The van der Waals surface area contributed by atoms with Crippen LogP contribution in [0.2, 0.25) is 0 Å². The summed E-state index contributed by atoms with van der Waals surface area (Å²) in [5, 5.41) is 7.14. The molecule has 1 heterocycles. The Hall–Kier alpha value is -3.25. The molecule has 1 amide bonds. The number of methoxy groups -OCH3 is 1. The van der Waals surface area contributed by atoms with Gasteiger partial charge in [0.1, 0.15) is 0 Å². The van der Waals surface area contributed by atoms with Gasteiger partial charge in [0.25, 0.3) is 11.7 Å². The van der Waals surface area contributed by atoms with E-state index in [1.54, 1.807) is 25.6 Å². The Bertz CT molecular complexity index is 994. The van der Waals surface area contributed by atoms with Crippen molar-refractivity contribution in [3.63, 3.8) is 0 Å². The molecule has 0 unspecified atom stereocenters. The van der Waals surface area contributed by atoms with E-state index in [1.165, 1.54) is 0 Å². The van der Waals surface area contributed by atoms with Gasteiger partial charge in [-0.05, 0) is 37.1 Å². The molecule has 0 fully saturated rings. The van der Waals surface area contributed by atoms with E-state index in [2.05, 4.69) is 10.4 Å². The van der Waals surface area contributed by atoms with Crippen molar-refractivity contribution >= 4 is 11.7 Å². The molecule has 0 aliphatic carbocycles. The molecular formula is C22H23N3O3. The molecule has 0 aliphatic heterocycles. The zero-order valence-corrected chi connectivity index (χ0v) is 16.2. The summed E-state index contributed by atoms with van der Waals surface area (Å²) in [5.41, 5.74) is 4.28. The number of benzene rings is 2. The van der Waals surface area contributed by atoms with Crippen LogP contribution in [-0.4, -0.2) is 28.6 Å². The highest BCUT2D eigenvalue weighted by atomic mass is 16.5. The third kappa shape index (κ3) is 4.18. The van der Waals surface area contributed by atoms with Gasteiger partial charge in [0.2, 0.25) is 0 Å². The van der Waals surface area contributed by atoms with E-state index in [0.29, 0.717) is 23.6 Å². The molecule has 3 aromatic rings. The first-order valence-electron chi connectivity index (χ1n) is 9.02. The van der Waals surface area contributed by atoms with Crippen LogP contribution < -0.4 is 5.32 Å². The minimum Gasteiger partial charge on any atom is -0.380 e. The molecule has 0 radical (unpaired) electrons. The number of ketones is 1. The molecule has 2 aromatic carbocycles. The average molecular weight is 377 g/mol. The van der Waals surface area contributed by atoms with Crippen LogP contribution in [0.1, 0.15) is 32.9 Å². The van der Waals surface area contributed by atoms with Crippen molar-refractivity contribution in [2.45, 2.75) is 27.0 Å². The quantitative estimate of drug-likeness (QED) is 0.507. The van der Waals surface area contributed by atoms with E-state index in [0.717, 1.165) is 16.8 Å². The topological polar surface area (TPSA) is 73.2 Å². The van der Waals surface area contributed by atoms with Gasteiger partial charge in [-0.2, -0.15) is 5.10 Å². The van der Waals surface area contributed by atoms with Gasteiger partial charge < -0.3 is 10.1 Å². The summed E-state index contributed by atoms with van der Waals surface area (Å²) in [4.78, 5) is 25.2. The Kier molecular flexibility index (Phi) is 6.01. The van der Waals surface area contributed by atoms with Gasteiger partial charge in [0, 0.05) is 13.7 Å². The molecule has 1 N–H and O–H groups in total. The number of rotatable bonds is 7. The van der Waals surface area contributed by atoms with E-state index >= 15 is 0 Å². The largest absolute Gasteiger partial charge is 0.380 e. The molecule has 144 valence electrons. The molecule has 3 rings (SSSR count). The van der Waals surface area contributed by atoms with Crippen molar-refractivity contribution in [3.8, 4) is 5.69 Å². The molecule has 6 nitrogen and oxygen atoms in total. The van der Waals surface area contributed by atoms with Gasteiger partial charge in [0.15, 0.2) is 0 Å². The molecule has 0 saturated carbocycles. The van der Waals surface area contributed by atoms with Gasteiger partial charge in [-0.25, -0.2) is 4.68 Å². The van der Waals surface area contributed by atoms with Gasteiger partial charge in [-0.1, -0.05) is 42.5 Å². The fraction of sp³-hybridized carbons (Fsp3) is 0.227. The number of ether oxygens (including phenoxy) is 1. The van der Waals surface area contributed by atoms with Gasteiger partial charge >= 0.3 is 0 Å². The number of aryl methyl sites for hydroxylation is 1. The Morgan fingerprint density at radius 3 is 2.46 bits per heavy atom. The normalized spacial score (nSPS) is 10.7. The van der Waals surface area contributed by atoms with Crippen LogP contribution >= 0.6 is 0 Å². The fourth-order valence-corrected chi connectivity index (χ4v) is 3.16. The predicted octanol–water partition coefficient (Wildman–Crippen LogP) is 3.13. The lowest BCUT2D eigenvalue weighted by atomic mass is 10.1. The smallest absolute Gasteiger partial charge is 0.292 e. The maximum absolute atomic E-state index is 12.7. The zero-order chi connectivity index (χ0) is 20.1. The number of aromatic nitrogens is 2. The summed E-state index contributed by atoms with van der Waals surface area (Å²) in [6, 6.07) is 17.2. The van der Waals surface area contributed by atoms with E-state index in [-0.39, 0.29) is 6.54 Å². The standard InChI is InChI=1S/C22H23N3O3/c1-15-20(16(2)25(24-15)19-10-5-4-6-11-19)21(26)22(27)23-13-17-8-7-9-18(12-17)14-28-3/h4-12H,13-14H2,1-3H3,(H,23,27).